The molecule has 0 amide bonds. The molecule has 3 unspecified atom stereocenters. The number of piperidine rings is 2. The summed E-state index contributed by atoms with van der Waals surface area (Å²) in [6.45, 7) is 5.99. The fraction of sp³-hybridized carbons (Fsp3) is 1.00. The SMILES string of the molecule is CC1CC(N2CCCC(N)C2)CCN1C. The van der Waals surface area contributed by atoms with Crippen molar-refractivity contribution in [3.63, 3.8) is 0 Å². The molecule has 2 fully saturated rings. The summed E-state index contributed by atoms with van der Waals surface area (Å²) >= 11 is 0. The van der Waals surface area contributed by atoms with Crippen LogP contribution in [-0.2, 0) is 0 Å². The fourth-order valence-corrected chi connectivity index (χ4v) is 2.97. The highest BCUT2D eigenvalue weighted by atomic mass is 15.2. The molecule has 3 nitrogen and oxygen atoms in total. The maximum Gasteiger partial charge on any atom is 0.0168 e. The van der Waals surface area contributed by atoms with E-state index in [-0.39, 0.29) is 0 Å². The molecule has 3 atom stereocenters. The third-order valence-electron chi connectivity index (χ3n) is 4.19. The van der Waals surface area contributed by atoms with E-state index >= 15 is 0 Å². The lowest BCUT2D eigenvalue weighted by Crippen LogP contribution is -2.52. The smallest absolute Gasteiger partial charge is 0.0168 e. The van der Waals surface area contributed by atoms with Gasteiger partial charge in [0.05, 0.1) is 0 Å². The molecular weight excluding hydrogens is 186 g/mol. The Labute approximate surface area is 93.6 Å². The van der Waals surface area contributed by atoms with Gasteiger partial charge in [-0.2, -0.15) is 0 Å². The second-order valence-corrected chi connectivity index (χ2v) is 5.41. The third kappa shape index (κ3) is 2.71. The summed E-state index contributed by atoms with van der Waals surface area (Å²) in [5.41, 5.74) is 6.04. The first kappa shape index (κ1) is 11.4. The van der Waals surface area contributed by atoms with Crippen LogP contribution in [0.15, 0.2) is 0 Å². The van der Waals surface area contributed by atoms with Crippen LogP contribution >= 0.6 is 0 Å². The molecule has 0 spiro atoms. The zero-order valence-corrected chi connectivity index (χ0v) is 10.2. The average Bonchev–Trinajstić information content (AvgIpc) is 2.22. The van der Waals surface area contributed by atoms with Gasteiger partial charge in [-0.1, -0.05) is 0 Å². The molecule has 0 bridgehead atoms. The first-order valence-corrected chi connectivity index (χ1v) is 6.36. The number of hydrogen-bond acceptors (Lipinski definition) is 3. The van der Waals surface area contributed by atoms with Crippen molar-refractivity contribution in [2.75, 3.05) is 26.7 Å². The van der Waals surface area contributed by atoms with E-state index in [2.05, 4.69) is 23.8 Å². The summed E-state index contributed by atoms with van der Waals surface area (Å²) in [4.78, 5) is 5.11. The number of nitrogens with two attached hydrogens (primary N) is 1. The molecule has 88 valence electrons. The van der Waals surface area contributed by atoms with Gasteiger partial charge in [0.1, 0.15) is 0 Å². The molecule has 0 aliphatic carbocycles. The van der Waals surface area contributed by atoms with Gasteiger partial charge in [-0.25, -0.2) is 0 Å². The predicted octanol–water partition coefficient (Wildman–Crippen LogP) is 0.892. The summed E-state index contributed by atoms with van der Waals surface area (Å²) in [6.07, 6.45) is 5.16. The maximum atomic E-state index is 6.04. The van der Waals surface area contributed by atoms with Gasteiger partial charge in [0.25, 0.3) is 0 Å². The Morgan fingerprint density at radius 1 is 1.20 bits per heavy atom. The highest BCUT2D eigenvalue weighted by molar-refractivity contribution is 4.86. The molecule has 0 saturated carbocycles. The highest BCUT2D eigenvalue weighted by Gasteiger charge is 2.29. The summed E-state index contributed by atoms with van der Waals surface area (Å²) in [5.74, 6) is 0. The second-order valence-electron chi connectivity index (χ2n) is 5.41. The molecule has 0 radical (unpaired) electrons. The van der Waals surface area contributed by atoms with Gasteiger partial charge in [0.2, 0.25) is 0 Å². The molecular formula is C12H25N3. The first-order valence-electron chi connectivity index (χ1n) is 6.36. The van der Waals surface area contributed by atoms with E-state index in [1.807, 2.05) is 0 Å². The fourth-order valence-electron chi connectivity index (χ4n) is 2.97. The van der Waals surface area contributed by atoms with Crippen molar-refractivity contribution in [3.8, 4) is 0 Å². The highest BCUT2D eigenvalue weighted by Crippen LogP contribution is 2.23. The molecule has 0 aromatic rings. The summed E-state index contributed by atoms with van der Waals surface area (Å²) < 4.78 is 0. The zero-order chi connectivity index (χ0) is 10.8. The van der Waals surface area contributed by atoms with E-state index in [1.54, 1.807) is 0 Å². The molecule has 0 aromatic heterocycles. The minimum Gasteiger partial charge on any atom is -0.327 e. The number of rotatable bonds is 1. The van der Waals surface area contributed by atoms with Crippen LogP contribution < -0.4 is 5.73 Å². The quantitative estimate of drug-likeness (QED) is 0.699. The van der Waals surface area contributed by atoms with E-state index in [1.165, 1.54) is 38.8 Å². The Balaban J connectivity index is 1.87. The summed E-state index contributed by atoms with van der Waals surface area (Å²) in [5, 5.41) is 0. The summed E-state index contributed by atoms with van der Waals surface area (Å²) in [6, 6.07) is 1.96. The standard InChI is InChI=1S/C12H25N3/c1-10-8-12(5-7-14(10)2)15-6-3-4-11(13)9-15/h10-12H,3-9,13H2,1-2H3. The van der Waals surface area contributed by atoms with Crippen molar-refractivity contribution in [1.29, 1.82) is 0 Å². The Bertz CT molecular complexity index is 207. The number of nitrogens with zero attached hydrogens (tertiary/aromatic N) is 2. The molecule has 2 saturated heterocycles. The van der Waals surface area contributed by atoms with Crippen molar-refractivity contribution < 1.29 is 0 Å². The molecule has 2 aliphatic heterocycles. The lowest BCUT2D eigenvalue weighted by atomic mass is 9.94. The first-order chi connectivity index (χ1) is 7.16. The van der Waals surface area contributed by atoms with Gasteiger partial charge in [0.15, 0.2) is 0 Å². The van der Waals surface area contributed by atoms with Gasteiger partial charge < -0.3 is 10.6 Å². The van der Waals surface area contributed by atoms with Gasteiger partial charge in [-0.3, -0.25) is 4.90 Å². The van der Waals surface area contributed by atoms with E-state index in [4.69, 9.17) is 5.73 Å². The van der Waals surface area contributed by atoms with Crippen LogP contribution in [0, 0.1) is 0 Å². The minimum atomic E-state index is 0.425. The monoisotopic (exact) mass is 211 g/mol. The Morgan fingerprint density at radius 2 is 2.00 bits per heavy atom. The lowest BCUT2D eigenvalue weighted by Gasteiger charge is -2.43. The Kier molecular flexibility index (Phi) is 3.65. The third-order valence-corrected chi connectivity index (χ3v) is 4.19. The zero-order valence-electron chi connectivity index (χ0n) is 10.2. The van der Waals surface area contributed by atoms with E-state index in [9.17, 15) is 0 Å². The molecule has 0 aromatic carbocycles. The minimum absolute atomic E-state index is 0.425. The molecule has 15 heavy (non-hydrogen) atoms. The average molecular weight is 211 g/mol. The molecule has 2 heterocycles. The molecule has 3 heteroatoms. The van der Waals surface area contributed by atoms with Crippen LogP contribution in [0.25, 0.3) is 0 Å². The maximum absolute atomic E-state index is 6.04. The van der Waals surface area contributed by atoms with Crippen molar-refractivity contribution in [3.05, 3.63) is 0 Å². The lowest BCUT2D eigenvalue weighted by molar-refractivity contribution is 0.0693. The predicted molar refractivity (Wildman–Crippen MR) is 63.9 cm³/mol. The van der Waals surface area contributed by atoms with Gasteiger partial charge in [-0.05, 0) is 52.7 Å². The molecule has 2 N–H and O–H groups in total. The van der Waals surface area contributed by atoms with Crippen LogP contribution in [0.1, 0.15) is 32.6 Å². The Hall–Kier alpha value is -0.120. The second kappa shape index (κ2) is 4.81. The van der Waals surface area contributed by atoms with Crippen molar-refractivity contribution in [2.24, 2.45) is 5.73 Å². The van der Waals surface area contributed by atoms with E-state index in [0.29, 0.717) is 6.04 Å². The summed E-state index contributed by atoms with van der Waals surface area (Å²) in [7, 11) is 2.24. The van der Waals surface area contributed by atoms with Crippen LogP contribution in [0.3, 0.4) is 0 Å². The van der Waals surface area contributed by atoms with Crippen LogP contribution in [0.5, 0.6) is 0 Å². The number of hydrogen-bond donors (Lipinski definition) is 1. The van der Waals surface area contributed by atoms with Gasteiger partial charge in [-0.15, -0.1) is 0 Å². The van der Waals surface area contributed by atoms with Crippen LogP contribution in [0.4, 0.5) is 0 Å². The van der Waals surface area contributed by atoms with Crippen molar-refractivity contribution in [1.82, 2.24) is 9.80 Å². The van der Waals surface area contributed by atoms with Crippen molar-refractivity contribution in [2.45, 2.75) is 50.7 Å². The van der Waals surface area contributed by atoms with E-state index in [0.717, 1.165) is 18.6 Å². The van der Waals surface area contributed by atoms with Gasteiger partial charge >= 0.3 is 0 Å². The van der Waals surface area contributed by atoms with Crippen LogP contribution in [0.2, 0.25) is 0 Å². The van der Waals surface area contributed by atoms with E-state index < -0.39 is 0 Å². The largest absolute Gasteiger partial charge is 0.327 e. The molecule has 2 rings (SSSR count). The number of likely N-dealkylation sites (tertiary alicyclic amines) is 2. The van der Waals surface area contributed by atoms with Gasteiger partial charge in [0, 0.05) is 24.7 Å². The molecule has 2 aliphatic rings. The van der Waals surface area contributed by atoms with Crippen molar-refractivity contribution >= 4 is 0 Å². The Morgan fingerprint density at radius 3 is 2.67 bits per heavy atom. The normalized spacial score (nSPS) is 40.6. The topological polar surface area (TPSA) is 32.5 Å². The van der Waals surface area contributed by atoms with Crippen LogP contribution in [-0.4, -0.2) is 54.6 Å².